The zero-order valence-electron chi connectivity index (χ0n) is 11.5. The molecule has 1 heterocycles. The number of hydrogen-bond acceptors (Lipinski definition) is 5. The lowest BCUT2D eigenvalue weighted by molar-refractivity contribution is 0.460. The molecule has 0 atom stereocenters. The first-order chi connectivity index (χ1) is 9.75. The molecule has 5 nitrogen and oxygen atoms in total. The predicted octanol–water partition coefficient (Wildman–Crippen LogP) is 2.22. The van der Waals surface area contributed by atoms with Gasteiger partial charge in [0.15, 0.2) is 9.84 Å². The Balaban J connectivity index is 2.37. The maximum absolute atomic E-state index is 11.5. The van der Waals surface area contributed by atoms with Crippen LogP contribution in [0.5, 0.6) is 11.6 Å². The molecule has 7 heteroatoms. The average molecular weight is 322 g/mol. The number of hydrogen-bond donors (Lipinski definition) is 1. The molecular formula is C14H14N2O3S2. The Labute approximate surface area is 128 Å². The van der Waals surface area contributed by atoms with Crippen LogP contribution in [-0.4, -0.2) is 24.6 Å². The normalized spacial score (nSPS) is 11.1. The van der Waals surface area contributed by atoms with Crippen LogP contribution in [0.25, 0.3) is 0 Å². The summed E-state index contributed by atoms with van der Waals surface area (Å²) in [7, 11) is -3.29. The molecule has 2 aromatic rings. The van der Waals surface area contributed by atoms with Gasteiger partial charge in [0.2, 0.25) is 5.88 Å². The summed E-state index contributed by atoms with van der Waals surface area (Å²) >= 11 is 4.93. The van der Waals surface area contributed by atoms with E-state index < -0.39 is 9.84 Å². The minimum atomic E-state index is -3.29. The first-order valence-electron chi connectivity index (χ1n) is 6.02. The Morgan fingerprint density at radius 3 is 2.62 bits per heavy atom. The number of aryl methyl sites for hydroxylation is 1. The van der Waals surface area contributed by atoms with E-state index in [2.05, 4.69) is 4.98 Å². The van der Waals surface area contributed by atoms with Crippen LogP contribution in [0.2, 0.25) is 0 Å². The number of sulfone groups is 1. The highest BCUT2D eigenvalue weighted by Crippen LogP contribution is 2.23. The van der Waals surface area contributed by atoms with Crippen molar-refractivity contribution in [3.05, 3.63) is 47.7 Å². The van der Waals surface area contributed by atoms with Crippen LogP contribution in [0.15, 0.2) is 41.3 Å². The van der Waals surface area contributed by atoms with Crippen LogP contribution >= 0.6 is 12.2 Å². The summed E-state index contributed by atoms with van der Waals surface area (Å²) in [5.41, 5.74) is 6.94. The zero-order chi connectivity index (χ0) is 15.6. The molecule has 0 unspecified atom stereocenters. The summed E-state index contributed by atoms with van der Waals surface area (Å²) in [6, 6.07) is 9.58. The molecule has 0 bridgehead atoms. The van der Waals surface area contributed by atoms with Crippen molar-refractivity contribution >= 4 is 27.0 Å². The Hall–Kier alpha value is -1.99. The molecule has 21 heavy (non-hydrogen) atoms. The van der Waals surface area contributed by atoms with Crippen molar-refractivity contribution < 1.29 is 13.2 Å². The maximum Gasteiger partial charge on any atom is 0.220 e. The second-order valence-electron chi connectivity index (χ2n) is 4.55. The third kappa shape index (κ3) is 3.99. The number of pyridine rings is 1. The molecule has 0 amide bonds. The van der Waals surface area contributed by atoms with E-state index in [0.29, 0.717) is 22.9 Å². The Morgan fingerprint density at radius 2 is 2.00 bits per heavy atom. The van der Waals surface area contributed by atoms with Crippen LogP contribution in [0.4, 0.5) is 0 Å². The lowest BCUT2D eigenvalue weighted by Gasteiger charge is -2.08. The molecule has 2 N–H and O–H groups in total. The summed E-state index contributed by atoms with van der Waals surface area (Å²) in [6.45, 7) is 1.79. The van der Waals surface area contributed by atoms with E-state index in [0.717, 1.165) is 6.26 Å². The molecule has 0 aliphatic rings. The van der Waals surface area contributed by atoms with Gasteiger partial charge in [-0.1, -0.05) is 18.3 Å². The highest BCUT2D eigenvalue weighted by Gasteiger charge is 2.09. The van der Waals surface area contributed by atoms with Crippen molar-refractivity contribution in [1.29, 1.82) is 0 Å². The number of nitrogens with zero attached hydrogens (tertiary/aromatic N) is 1. The van der Waals surface area contributed by atoms with E-state index in [4.69, 9.17) is 22.7 Å². The predicted molar refractivity (Wildman–Crippen MR) is 84.5 cm³/mol. The first-order valence-corrected chi connectivity index (χ1v) is 8.32. The van der Waals surface area contributed by atoms with E-state index in [1.807, 2.05) is 0 Å². The maximum atomic E-state index is 11.5. The van der Waals surface area contributed by atoms with Gasteiger partial charge in [-0.3, -0.25) is 0 Å². The summed E-state index contributed by atoms with van der Waals surface area (Å²) < 4.78 is 28.7. The lowest BCUT2D eigenvalue weighted by Crippen LogP contribution is -2.10. The minimum Gasteiger partial charge on any atom is -0.439 e. The van der Waals surface area contributed by atoms with Crippen LogP contribution in [0.1, 0.15) is 11.3 Å². The Morgan fingerprint density at radius 1 is 1.29 bits per heavy atom. The molecule has 0 fully saturated rings. The molecule has 0 aliphatic carbocycles. The monoisotopic (exact) mass is 322 g/mol. The third-order valence-corrected chi connectivity index (χ3v) is 4.02. The fourth-order valence-corrected chi connectivity index (χ4v) is 2.50. The van der Waals surface area contributed by atoms with Gasteiger partial charge in [0.25, 0.3) is 0 Å². The quantitative estimate of drug-likeness (QED) is 0.869. The fourth-order valence-electron chi connectivity index (χ4n) is 1.72. The van der Waals surface area contributed by atoms with E-state index in [1.165, 1.54) is 12.1 Å². The van der Waals surface area contributed by atoms with Crippen LogP contribution in [0.3, 0.4) is 0 Å². The zero-order valence-corrected chi connectivity index (χ0v) is 13.2. The van der Waals surface area contributed by atoms with E-state index in [-0.39, 0.29) is 9.88 Å². The minimum absolute atomic E-state index is 0.183. The molecule has 1 aromatic heterocycles. The van der Waals surface area contributed by atoms with Crippen molar-refractivity contribution in [2.75, 3.05) is 6.26 Å². The van der Waals surface area contributed by atoms with E-state index in [1.54, 1.807) is 31.2 Å². The summed E-state index contributed by atoms with van der Waals surface area (Å²) in [6.07, 6.45) is 1.14. The largest absolute Gasteiger partial charge is 0.439 e. The molecule has 0 saturated heterocycles. The van der Waals surface area contributed by atoms with Crippen LogP contribution < -0.4 is 10.5 Å². The van der Waals surface area contributed by atoms with Crippen molar-refractivity contribution in [2.24, 2.45) is 5.73 Å². The molecule has 110 valence electrons. The smallest absolute Gasteiger partial charge is 0.220 e. The van der Waals surface area contributed by atoms with E-state index >= 15 is 0 Å². The Kier molecular flexibility index (Phi) is 4.24. The SMILES string of the molecule is Cc1cc(C(N)=S)cc(Oc2cccc(S(C)(=O)=O)c2)n1. The average Bonchev–Trinajstić information content (AvgIpc) is 2.37. The lowest BCUT2D eigenvalue weighted by atomic mass is 10.2. The second kappa shape index (κ2) is 5.79. The summed E-state index contributed by atoms with van der Waals surface area (Å²) in [4.78, 5) is 4.64. The second-order valence-corrected chi connectivity index (χ2v) is 7.00. The van der Waals surface area contributed by atoms with E-state index in [9.17, 15) is 8.42 Å². The molecule has 0 spiro atoms. The molecule has 0 radical (unpaired) electrons. The highest BCUT2D eigenvalue weighted by molar-refractivity contribution is 7.90. The Bertz CT molecular complexity index is 802. The summed E-state index contributed by atoms with van der Waals surface area (Å²) in [5.74, 6) is 0.688. The summed E-state index contributed by atoms with van der Waals surface area (Å²) in [5, 5.41) is 0. The number of benzene rings is 1. The molecule has 2 rings (SSSR count). The van der Waals surface area contributed by atoms with Crippen molar-refractivity contribution in [2.45, 2.75) is 11.8 Å². The topological polar surface area (TPSA) is 82.3 Å². The van der Waals surface area contributed by atoms with Gasteiger partial charge in [-0.25, -0.2) is 13.4 Å². The van der Waals surface area contributed by atoms with Crippen molar-refractivity contribution in [3.63, 3.8) is 0 Å². The molecule has 0 aliphatic heterocycles. The standard InChI is InChI=1S/C14H14N2O3S2/c1-9-6-10(14(15)20)7-13(16-9)19-11-4-3-5-12(8-11)21(2,17)18/h3-8H,1-2H3,(H2,15,20). The number of thiocarbonyl (C=S) groups is 1. The number of ether oxygens (including phenoxy) is 1. The third-order valence-electron chi connectivity index (χ3n) is 2.67. The van der Waals surface area contributed by atoms with Gasteiger partial charge < -0.3 is 10.5 Å². The van der Waals surface area contributed by atoms with Gasteiger partial charge in [-0.2, -0.15) is 0 Å². The number of nitrogens with two attached hydrogens (primary N) is 1. The molecule has 0 saturated carbocycles. The van der Waals surface area contributed by atoms with Crippen LogP contribution in [-0.2, 0) is 9.84 Å². The molecular weight excluding hydrogens is 308 g/mol. The fraction of sp³-hybridized carbons (Fsp3) is 0.143. The number of aromatic nitrogens is 1. The van der Waals surface area contributed by atoms with Gasteiger partial charge in [-0.15, -0.1) is 0 Å². The van der Waals surface area contributed by atoms with Gasteiger partial charge in [0.05, 0.1) is 4.90 Å². The van der Waals surface area contributed by atoms with Crippen molar-refractivity contribution in [1.82, 2.24) is 4.98 Å². The van der Waals surface area contributed by atoms with Crippen LogP contribution in [0, 0.1) is 6.92 Å². The van der Waals surface area contributed by atoms with Gasteiger partial charge in [0, 0.05) is 23.6 Å². The van der Waals surface area contributed by atoms with Gasteiger partial charge >= 0.3 is 0 Å². The van der Waals surface area contributed by atoms with Gasteiger partial charge in [-0.05, 0) is 31.2 Å². The van der Waals surface area contributed by atoms with Gasteiger partial charge in [0.1, 0.15) is 10.7 Å². The first kappa shape index (κ1) is 15.4. The highest BCUT2D eigenvalue weighted by atomic mass is 32.2. The number of rotatable bonds is 4. The van der Waals surface area contributed by atoms with Crippen molar-refractivity contribution in [3.8, 4) is 11.6 Å². The molecule has 1 aromatic carbocycles.